The number of hydrogen-bond acceptors (Lipinski definition) is 5. The number of carbonyl (C=O) groups is 2. The van der Waals surface area contributed by atoms with Gasteiger partial charge in [-0.1, -0.05) is 12.1 Å². The van der Waals surface area contributed by atoms with Gasteiger partial charge in [-0.15, -0.1) is 0 Å². The number of nitrogen functional groups attached to an aromatic ring is 1. The van der Waals surface area contributed by atoms with Crippen LogP contribution in [0.1, 0.15) is 20.7 Å². The summed E-state index contributed by atoms with van der Waals surface area (Å²) in [7, 11) is 0. The number of β-amino-alcohol motifs (C(OH)–C–C–N with tert-alkyl or cyclic N) is 1. The molecule has 0 aliphatic carbocycles. The fourth-order valence-corrected chi connectivity index (χ4v) is 2.60. The molecule has 6 nitrogen and oxygen atoms in total. The molecular formula is C15H14N2O4. The molecule has 0 saturated carbocycles. The smallest absolute Gasteiger partial charge is 0.261 e. The summed E-state index contributed by atoms with van der Waals surface area (Å²) in [4.78, 5) is 25.8. The van der Waals surface area contributed by atoms with Crippen LogP contribution in [0.25, 0.3) is 10.8 Å². The Bertz CT molecular complexity index is 734. The lowest BCUT2D eigenvalue weighted by Gasteiger charge is -2.28. The van der Waals surface area contributed by atoms with Gasteiger partial charge in [0.05, 0.1) is 19.3 Å². The van der Waals surface area contributed by atoms with Crippen molar-refractivity contribution in [3.05, 3.63) is 41.5 Å². The van der Waals surface area contributed by atoms with E-state index in [0.717, 1.165) is 4.90 Å². The van der Waals surface area contributed by atoms with Gasteiger partial charge in [-0.2, -0.15) is 0 Å². The maximum absolute atomic E-state index is 12.4. The zero-order valence-corrected chi connectivity index (χ0v) is 11.1. The van der Waals surface area contributed by atoms with Crippen LogP contribution in [0.2, 0.25) is 0 Å². The van der Waals surface area contributed by atoms with E-state index < -0.39 is 24.5 Å². The third-order valence-corrected chi connectivity index (χ3v) is 3.63. The van der Waals surface area contributed by atoms with Gasteiger partial charge < -0.3 is 15.9 Å². The fraction of sp³-hybridized carbons (Fsp3) is 0.200. The van der Waals surface area contributed by atoms with Crippen molar-refractivity contribution >= 4 is 28.3 Å². The van der Waals surface area contributed by atoms with Gasteiger partial charge in [0, 0.05) is 27.6 Å². The minimum atomic E-state index is -1.16. The topological polar surface area (TPSA) is 104 Å². The first-order valence-corrected chi connectivity index (χ1v) is 6.51. The molecule has 3 rings (SSSR count). The maximum atomic E-state index is 12.4. The summed E-state index contributed by atoms with van der Waals surface area (Å²) in [5.41, 5.74) is 7.14. The van der Waals surface area contributed by atoms with Crippen molar-refractivity contribution in [1.29, 1.82) is 0 Å². The van der Waals surface area contributed by atoms with Gasteiger partial charge >= 0.3 is 0 Å². The van der Waals surface area contributed by atoms with Gasteiger partial charge in [0.1, 0.15) is 0 Å². The van der Waals surface area contributed by atoms with Crippen molar-refractivity contribution in [2.24, 2.45) is 0 Å². The summed E-state index contributed by atoms with van der Waals surface area (Å²) in [6, 6.07) is 8.28. The summed E-state index contributed by atoms with van der Waals surface area (Å²) < 4.78 is 0. The van der Waals surface area contributed by atoms with E-state index in [1.807, 2.05) is 0 Å². The Morgan fingerprint density at radius 1 is 1.10 bits per heavy atom. The first-order chi connectivity index (χ1) is 10.0. The number of nitrogens with zero attached hydrogens (tertiary/aromatic N) is 1. The normalized spacial score (nSPS) is 15.6. The minimum Gasteiger partial charge on any atom is -0.398 e. The van der Waals surface area contributed by atoms with Crippen LogP contribution in [0.4, 0.5) is 5.69 Å². The summed E-state index contributed by atoms with van der Waals surface area (Å²) in [5.74, 6) is -0.979. The highest BCUT2D eigenvalue weighted by atomic mass is 16.3. The number of amides is 2. The fourth-order valence-electron chi connectivity index (χ4n) is 2.60. The average molecular weight is 286 g/mol. The molecule has 108 valence electrons. The largest absolute Gasteiger partial charge is 0.398 e. The standard InChI is InChI=1S/C15H14N2O4/c16-12-5-4-11-13-9(12)2-1-3-10(13)14(20)17(15(11)21)6-8(19)7-18/h1-5,8,18-19H,6-7,16H2/t8-/m0/s1. The first kappa shape index (κ1) is 13.5. The molecule has 1 heterocycles. The summed E-state index contributed by atoms with van der Waals surface area (Å²) in [6.45, 7) is -0.760. The van der Waals surface area contributed by atoms with Crippen molar-refractivity contribution < 1.29 is 19.8 Å². The van der Waals surface area contributed by atoms with Gasteiger partial charge in [0.15, 0.2) is 0 Å². The number of aliphatic hydroxyl groups excluding tert-OH is 2. The molecule has 4 N–H and O–H groups in total. The second-order valence-corrected chi connectivity index (χ2v) is 4.99. The molecule has 21 heavy (non-hydrogen) atoms. The summed E-state index contributed by atoms with van der Waals surface area (Å²) in [6.07, 6.45) is -1.16. The average Bonchev–Trinajstić information content (AvgIpc) is 2.50. The molecule has 1 aliphatic heterocycles. The molecule has 2 amide bonds. The van der Waals surface area contributed by atoms with Crippen LogP contribution in [-0.2, 0) is 0 Å². The Morgan fingerprint density at radius 2 is 1.76 bits per heavy atom. The first-order valence-electron chi connectivity index (χ1n) is 6.51. The highest BCUT2D eigenvalue weighted by Gasteiger charge is 2.34. The molecule has 0 fully saturated rings. The summed E-state index contributed by atoms with van der Waals surface area (Å²) in [5, 5.41) is 19.6. The highest BCUT2D eigenvalue weighted by Crippen LogP contribution is 2.33. The van der Waals surface area contributed by atoms with E-state index in [1.165, 1.54) is 0 Å². The highest BCUT2D eigenvalue weighted by molar-refractivity contribution is 6.26. The lowest BCUT2D eigenvalue weighted by Crippen LogP contribution is -2.45. The van der Waals surface area contributed by atoms with E-state index in [0.29, 0.717) is 27.6 Å². The van der Waals surface area contributed by atoms with E-state index in [-0.39, 0.29) is 6.54 Å². The summed E-state index contributed by atoms with van der Waals surface area (Å²) >= 11 is 0. The molecule has 0 unspecified atom stereocenters. The molecule has 0 spiro atoms. The van der Waals surface area contributed by atoms with Crippen LogP contribution in [0.5, 0.6) is 0 Å². The van der Waals surface area contributed by atoms with E-state index in [2.05, 4.69) is 0 Å². The van der Waals surface area contributed by atoms with E-state index in [9.17, 15) is 14.7 Å². The van der Waals surface area contributed by atoms with Crippen LogP contribution in [0.15, 0.2) is 30.3 Å². The monoisotopic (exact) mass is 286 g/mol. The number of benzene rings is 2. The lowest BCUT2D eigenvalue weighted by atomic mass is 9.93. The number of hydrogen-bond donors (Lipinski definition) is 3. The van der Waals surface area contributed by atoms with Crippen LogP contribution < -0.4 is 5.73 Å². The van der Waals surface area contributed by atoms with Gasteiger partial charge in [-0.25, -0.2) is 0 Å². The number of imide groups is 1. The van der Waals surface area contributed by atoms with E-state index in [1.54, 1.807) is 30.3 Å². The Labute approximate surface area is 120 Å². The Morgan fingerprint density at radius 3 is 2.43 bits per heavy atom. The minimum absolute atomic E-state index is 0.242. The number of carbonyl (C=O) groups excluding carboxylic acids is 2. The molecule has 0 radical (unpaired) electrons. The zero-order valence-electron chi connectivity index (χ0n) is 11.1. The predicted octanol–water partition coefficient (Wildman–Crippen LogP) is 0.371. The van der Waals surface area contributed by atoms with Gasteiger partial charge in [0.25, 0.3) is 11.8 Å². The van der Waals surface area contributed by atoms with E-state index in [4.69, 9.17) is 10.8 Å². The van der Waals surface area contributed by atoms with Gasteiger partial charge in [0.2, 0.25) is 0 Å². The van der Waals surface area contributed by atoms with Gasteiger partial charge in [-0.3, -0.25) is 14.5 Å². The van der Waals surface area contributed by atoms with Crippen molar-refractivity contribution in [1.82, 2.24) is 4.90 Å². The van der Waals surface area contributed by atoms with Crippen LogP contribution in [-0.4, -0.2) is 46.2 Å². The molecule has 2 aromatic rings. The SMILES string of the molecule is Nc1ccc2c3c(cccc13)C(=O)N(C[C@H](O)CO)C2=O. The van der Waals surface area contributed by atoms with Crippen LogP contribution >= 0.6 is 0 Å². The zero-order chi connectivity index (χ0) is 15.1. The third-order valence-electron chi connectivity index (χ3n) is 3.63. The molecule has 1 aliphatic rings. The second kappa shape index (κ2) is 4.83. The predicted molar refractivity (Wildman–Crippen MR) is 76.8 cm³/mol. The lowest BCUT2D eigenvalue weighted by molar-refractivity contribution is 0.0391. The Kier molecular flexibility index (Phi) is 3.12. The number of aliphatic hydroxyl groups is 2. The van der Waals surface area contributed by atoms with Crippen LogP contribution in [0.3, 0.4) is 0 Å². The van der Waals surface area contributed by atoms with Crippen molar-refractivity contribution in [2.45, 2.75) is 6.10 Å². The third kappa shape index (κ3) is 1.96. The number of anilines is 1. The Balaban J connectivity index is 2.20. The molecule has 0 saturated heterocycles. The van der Waals surface area contributed by atoms with Gasteiger partial charge in [-0.05, 0) is 18.2 Å². The quantitative estimate of drug-likeness (QED) is 0.558. The molecule has 1 atom stereocenters. The molecule has 0 bridgehead atoms. The Hall–Kier alpha value is -2.44. The van der Waals surface area contributed by atoms with Crippen LogP contribution in [0, 0.1) is 0 Å². The van der Waals surface area contributed by atoms with Crippen molar-refractivity contribution in [3.63, 3.8) is 0 Å². The van der Waals surface area contributed by atoms with E-state index >= 15 is 0 Å². The molecule has 2 aromatic carbocycles. The molecule has 0 aromatic heterocycles. The number of nitrogens with two attached hydrogens (primary N) is 1. The molecule has 6 heteroatoms. The second-order valence-electron chi connectivity index (χ2n) is 4.99. The van der Waals surface area contributed by atoms with Crippen molar-refractivity contribution in [2.75, 3.05) is 18.9 Å². The maximum Gasteiger partial charge on any atom is 0.261 e. The van der Waals surface area contributed by atoms with Crippen molar-refractivity contribution in [3.8, 4) is 0 Å². The molecular weight excluding hydrogens is 272 g/mol. The number of rotatable bonds is 3.